The Morgan fingerprint density at radius 1 is 1.25 bits per heavy atom. The van der Waals surface area contributed by atoms with E-state index in [1.165, 1.54) is 16.5 Å². The van der Waals surface area contributed by atoms with Crippen molar-refractivity contribution in [3.8, 4) is 0 Å². The molecule has 0 N–H and O–H groups in total. The number of hydrogen-bond donors (Lipinski definition) is 0. The molecule has 1 saturated heterocycles. The van der Waals surface area contributed by atoms with Crippen molar-refractivity contribution < 1.29 is 9.18 Å². The van der Waals surface area contributed by atoms with Crippen molar-refractivity contribution in [2.75, 3.05) is 26.2 Å². The maximum absolute atomic E-state index is 13.3. The van der Waals surface area contributed by atoms with Crippen LogP contribution in [0.2, 0.25) is 0 Å². The summed E-state index contributed by atoms with van der Waals surface area (Å²) in [7, 11) is 0. The van der Waals surface area contributed by atoms with Crippen LogP contribution < -0.4 is 0 Å². The minimum absolute atomic E-state index is 0.154. The van der Waals surface area contributed by atoms with Crippen molar-refractivity contribution in [3.63, 3.8) is 0 Å². The molecule has 2 aromatic rings. The van der Waals surface area contributed by atoms with Gasteiger partial charge in [-0.05, 0) is 36.6 Å². The first-order chi connectivity index (χ1) is 11.6. The molecule has 1 fully saturated rings. The second-order valence-electron chi connectivity index (χ2n) is 6.24. The summed E-state index contributed by atoms with van der Waals surface area (Å²) in [6, 6.07) is 6.74. The minimum Gasteiger partial charge on any atom is -0.336 e. The molecule has 2 heterocycles. The van der Waals surface area contributed by atoms with Crippen molar-refractivity contribution in [3.05, 3.63) is 57.0 Å². The van der Waals surface area contributed by atoms with Crippen LogP contribution in [0.3, 0.4) is 0 Å². The number of carbonyl (C=O) groups excluding carboxylic acids is 1. The van der Waals surface area contributed by atoms with Crippen LogP contribution in [0.15, 0.2) is 29.6 Å². The van der Waals surface area contributed by atoms with E-state index < -0.39 is 0 Å². The van der Waals surface area contributed by atoms with Crippen LogP contribution in [0.4, 0.5) is 4.39 Å². The number of hydrogen-bond acceptors (Lipinski definition) is 3. The van der Waals surface area contributed by atoms with E-state index in [-0.39, 0.29) is 11.7 Å². The summed E-state index contributed by atoms with van der Waals surface area (Å²) in [5.74, 6) is -0.0390. The van der Waals surface area contributed by atoms with Gasteiger partial charge in [-0.3, -0.25) is 9.69 Å². The predicted molar refractivity (Wildman–Crippen MR) is 96.0 cm³/mol. The molecule has 1 aliphatic heterocycles. The number of thiophene rings is 1. The molecule has 5 heteroatoms. The molecule has 0 bridgehead atoms. The lowest BCUT2D eigenvalue weighted by Gasteiger charge is -2.34. The summed E-state index contributed by atoms with van der Waals surface area (Å²) in [6.45, 7) is 8.02. The Hall–Kier alpha value is -1.72. The van der Waals surface area contributed by atoms with Crippen LogP contribution in [0.1, 0.15) is 33.3 Å². The predicted octanol–water partition coefficient (Wildman–Crippen LogP) is 3.72. The van der Waals surface area contributed by atoms with Crippen molar-refractivity contribution in [1.29, 1.82) is 0 Å². The maximum Gasteiger partial charge on any atom is 0.255 e. The van der Waals surface area contributed by atoms with Gasteiger partial charge in [-0.25, -0.2) is 4.39 Å². The lowest BCUT2D eigenvalue weighted by Crippen LogP contribution is -2.48. The zero-order valence-corrected chi connectivity index (χ0v) is 15.0. The van der Waals surface area contributed by atoms with E-state index in [2.05, 4.69) is 18.7 Å². The quantitative estimate of drug-likeness (QED) is 0.842. The fourth-order valence-electron chi connectivity index (χ4n) is 3.27. The van der Waals surface area contributed by atoms with Crippen LogP contribution in [0.25, 0.3) is 0 Å². The van der Waals surface area contributed by atoms with Crippen LogP contribution in [0, 0.1) is 12.7 Å². The van der Waals surface area contributed by atoms with Crippen molar-refractivity contribution in [2.45, 2.75) is 26.8 Å². The highest BCUT2D eigenvalue weighted by molar-refractivity contribution is 7.10. The zero-order chi connectivity index (χ0) is 17.1. The monoisotopic (exact) mass is 346 g/mol. The third-order valence-corrected chi connectivity index (χ3v) is 5.60. The Labute approximate surface area is 146 Å². The molecule has 1 amide bonds. The van der Waals surface area contributed by atoms with Crippen molar-refractivity contribution in [2.24, 2.45) is 0 Å². The topological polar surface area (TPSA) is 23.6 Å². The third-order valence-electron chi connectivity index (χ3n) is 4.64. The molecule has 0 saturated carbocycles. The fourth-order valence-corrected chi connectivity index (χ4v) is 4.21. The summed E-state index contributed by atoms with van der Waals surface area (Å²) in [5, 5.41) is 2.00. The van der Waals surface area contributed by atoms with Crippen LogP contribution >= 0.6 is 11.3 Å². The number of piperazine rings is 1. The largest absolute Gasteiger partial charge is 0.336 e. The Kier molecular flexibility index (Phi) is 5.31. The summed E-state index contributed by atoms with van der Waals surface area (Å²) < 4.78 is 13.3. The van der Waals surface area contributed by atoms with Crippen LogP contribution in [0.5, 0.6) is 0 Å². The van der Waals surface area contributed by atoms with E-state index in [1.54, 1.807) is 23.5 Å². The standard InChI is InChI=1S/C19H23FN2OS/c1-3-17-14(2)24-13-18(17)19(23)22-9-7-21(8-10-22)12-15-5-4-6-16(20)11-15/h4-6,11,13H,3,7-10,12H2,1-2H3. The smallest absolute Gasteiger partial charge is 0.255 e. The molecule has 128 valence electrons. The van der Waals surface area contributed by atoms with E-state index in [0.29, 0.717) is 0 Å². The highest BCUT2D eigenvalue weighted by Gasteiger charge is 2.24. The van der Waals surface area contributed by atoms with E-state index >= 15 is 0 Å². The molecule has 1 aliphatic rings. The van der Waals surface area contributed by atoms with Gasteiger partial charge in [0, 0.05) is 43.0 Å². The second kappa shape index (κ2) is 7.45. The number of rotatable bonds is 4. The number of carbonyl (C=O) groups is 1. The van der Waals surface area contributed by atoms with Gasteiger partial charge >= 0.3 is 0 Å². The van der Waals surface area contributed by atoms with Crippen molar-refractivity contribution in [1.82, 2.24) is 9.80 Å². The molecule has 0 unspecified atom stereocenters. The molecular weight excluding hydrogens is 323 g/mol. The number of benzene rings is 1. The van der Waals surface area contributed by atoms with Crippen LogP contribution in [-0.2, 0) is 13.0 Å². The first kappa shape index (κ1) is 17.1. The van der Waals surface area contributed by atoms with Crippen LogP contribution in [-0.4, -0.2) is 41.9 Å². The van der Waals surface area contributed by atoms with Gasteiger partial charge in [0.1, 0.15) is 5.82 Å². The molecule has 0 radical (unpaired) electrons. The molecule has 0 aliphatic carbocycles. The maximum atomic E-state index is 13.3. The van der Waals surface area contributed by atoms with Gasteiger partial charge in [-0.15, -0.1) is 11.3 Å². The molecule has 0 spiro atoms. The molecule has 1 aromatic heterocycles. The second-order valence-corrected chi connectivity index (χ2v) is 7.32. The zero-order valence-electron chi connectivity index (χ0n) is 14.2. The fraction of sp³-hybridized carbons (Fsp3) is 0.421. The Morgan fingerprint density at radius 3 is 2.67 bits per heavy atom. The molecule has 24 heavy (non-hydrogen) atoms. The Balaban J connectivity index is 1.59. The highest BCUT2D eigenvalue weighted by Crippen LogP contribution is 2.24. The summed E-state index contributed by atoms with van der Waals surface area (Å²) >= 11 is 1.66. The van der Waals surface area contributed by atoms with E-state index in [4.69, 9.17) is 0 Å². The molecular formula is C19H23FN2OS. The van der Waals surface area contributed by atoms with Gasteiger partial charge in [0.15, 0.2) is 0 Å². The third kappa shape index (κ3) is 3.68. The van der Waals surface area contributed by atoms with Gasteiger partial charge in [-0.2, -0.15) is 0 Å². The minimum atomic E-state index is -0.193. The SMILES string of the molecule is CCc1c(C(=O)N2CCN(Cc3cccc(F)c3)CC2)csc1C. The van der Waals surface area contributed by atoms with Crippen molar-refractivity contribution >= 4 is 17.2 Å². The molecule has 1 aromatic carbocycles. The first-order valence-corrected chi connectivity index (χ1v) is 9.29. The van der Waals surface area contributed by atoms with Gasteiger partial charge in [0.2, 0.25) is 0 Å². The van der Waals surface area contributed by atoms with E-state index in [1.807, 2.05) is 16.3 Å². The van der Waals surface area contributed by atoms with Gasteiger partial charge in [0.25, 0.3) is 5.91 Å². The number of nitrogens with zero attached hydrogens (tertiary/aromatic N) is 2. The Morgan fingerprint density at radius 2 is 2.00 bits per heavy atom. The molecule has 3 nitrogen and oxygen atoms in total. The highest BCUT2D eigenvalue weighted by atomic mass is 32.1. The number of amides is 1. The summed E-state index contributed by atoms with van der Waals surface area (Å²) in [5.41, 5.74) is 3.04. The molecule has 3 rings (SSSR count). The number of halogens is 1. The number of aryl methyl sites for hydroxylation is 1. The Bertz CT molecular complexity index is 720. The lowest BCUT2D eigenvalue weighted by molar-refractivity contribution is 0.0628. The lowest BCUT2D eigenvalue weighted by atomic mass is 10.1. The first-order valence-electron chi connectivity index (χ1n) is 8.41. The van der Waals surface area contributed by atoms with Gasteiger partial charge < -0.3 is 4.90 Å². The average Bonchev–Trinajstić information content (AvgIpc) is 2.95. The van der Waals surface area contributed by atoms with E-state index in [9.17, 15) is 9.18 Å². The average molecular weight is 346 g/mol. The summed E-state index contributed by atoms with van der Waals surface area (Å²) in [6.07, 6.45) is 0.899. The van der Waals surface area contributed by atoms with E-state index in [0.717, 1.165) is 50.3 Å². The molecule has 0 atom stereocenters. The van der Waals surface area contributed by atoms with Gasteiger partial charge in [0.05, 0.1) is 5.56 Å². The summed E-state index contributed by atoms with van der Waals surface area (Å²) in [4.78, 5) is 18.2. The normalized spacial score (nSPS) is 15.7. The van der Waals surface area contributed by atoms with Gasteiger partial charge in [-0.1, -0.05) is 19.1 Å².